The number of carboxylic acids is 1. The number of benzene rings is 1. The van der Waals surface area contributed by atoms with Gasteiger partial charge in [-0.05, 0) is 12.5 Å². The van der Waals surface area contributed by atoms with Crippen molar-refractivity contribution in [1.29, 1.82) is 0 Å². The lowest BCUT2D eigenvalue weighted by molar-refractivity contribution is -0.385. The van der Waals surface area contributed by atoms with Gasteiger partial charge in [0.25, 0.3) is 5.91 Å². The van der Waals surface area contributed by atoms with E-state index in [1.54, 1.807) is 0 Å². The Balaban J connectivity index is 2.99. The third-order valence-corrected chi connectivity index (χ3v) is 2.64. The summed E-state index contributed by atoms with van der Waals surface area (Å²) >= 11 is 0. The van der Waals surface area contributed by atoms with Crippen molar-refractivity contribution in [1.82, 2.24) is 5.32 Å². The number of hydrogen-bond donors (Lipinski definition) is 2. The number of nitrogens with one attached hydrogen (secondary N) is 1. The molecule has 8 heteroatoms. The van der Waals surface area contributed by atoms with E-state index in [0.29, 0.717) is 0 Å². The molecular weight excluding hydrogens is 280 g/mol. The molecule has 1 atom stereocenters. The van der Waals surface area contributed by atoms with Crippen LogP contribution in [0.2, 0.25) is 0 Å². The van der Waals surface area contributed by atoms with Gasteiger partial charge in [-0.1, -0.05) is 6.08 Å². The summed E-state index contributed by atoms with van der Waals surface area (Å²) in [6.45, 7) is 3.41. The van der Waals surface area contributed by atoms with Gasteiger partial charge in [0, 0.05) is 17.7 Å². The van der Waals surface area contributed by atoms with Gasteiger partial charge < -0.3 is 15.2 Å². The zero-order valence-corrected chi connectivity index (χ0v) is 11.2. The molecule has 0 radical (unpaired) electrons. The Morgan fingerprint density at radius 3 is 2.71 bits per heavy atom. The Hall–Kier alpha value is -2.90. The first-order valence-electron chi connectivity index (χ1n) is 5.87. The van der Waals surface area contributed by atoms with E-state index in [0.717, 1.165) is 6.07 Å². The van der Waals surface area contributed by atoms with Gasteiger partial charge in [-0.3, -0.25) is 14.9 Å². The fourth-order valence-corrected chi connectivity index (χ4v) is 1.60. The van der Waals surface area contributed by atoms with Crippen molar-refractivity contribution < 1.29 is 24.4 Å². The Bertz CT molecular complexity index is 584. The van der Waals surface area contributed by atoms with Crippen molar-refractivity contribution >= 4 is 17.6 Å². The summed E-state index contributed by atoms with van der Waals surface area (Å²) < 4.78 is 4.84. The average Bonchev–Trinajstić information content (AvgIpc) is 2.45. The fraction of sp³-hybridized carbons (Fsp3) is 0.231. The molecule has 21 heavy (non-hydrogen) atoms. The first-order valence-corrected chi connectivity index (χ1v) is 5.87. The number of rotatable bonds is 7. The van der Waals surface area contributed by atoms with Crippen LogP contribution in [0.5, 0.6) is 5.75 Å². The number of carbonyl (C=O) groups is 2. The number of aliphatic carboxylic acids is 1. The Morgan fingerprint density at radius 1 is 1.57 bits per heavy atom. The van der Waals surface area contributed by atoms with Crippen molar-refractivity contribution in [2.45, 2.75) is 12.5 Å². The number of nitro benzene ring substituents is 1. The maximum absolute atomic E-state index is 11.9. The molecule has 1 unspecified atom stereocenters. The third-order valence-electron chi connectivity index (χ3n) is 2.64. The van der Waals surface area contributed by atoms with Crippen LogP contribution in [0, 0.1) is 10.1 Å². The van der Waals surface area contributed by atoms with Crippen LogP contribution in [0.25, 0.3) is 0 Å². The molecule has 0 aromatic heterocycles. The second-order valence-electron chi connectivity index (χ2n) is 4.03. The molecule has 0 aliphatic heterocycles. The van der Waals surface area contributed by atoms with Crippen molar-refractivity contribution in [3.8, 4) is 5.75 Å². The summed E-state index contributed by atoms with van der Waals surface area (Å²) in [6.07, 6.45) is 1.43. The van der Waals surface area contributed by atoms with E-state index in [-0.39, 0.29) is 23.4 Å². The number of amides is 1. The normalized spacial score (nSPS) is 11.3. The number of methoxy groups -OCH3 is 1. The number of carbonyl (C=O) groups excluding carboxylic acids is 1. The topological polar surface area (TPSA) is 119 Å². The summed E-state index contributed by atoms with van der Waals surface area (Å²) in [7, 11) is 1.24. The Labute approximate surface area is 120 Å². The van der Waals surface area contributed by atoms with Crippen LogP contribution in [0.1, 0.15) is 16.8 Å². The monoisotopic (exact) mass is 294 g/mol. The first-order chi connectivity index (χ1) is 9.90. The number of hydrogen-bond acceptors (Lipinski definition) is 5. The van der Waals surface area contributed by atoms with Gasteiger partial charge in [-0.15, -0.1) is 6.58 Å². The number of carboxylic acid groups (broad SMARTS) is 1. The van der Waals surface area contributed by atoms with Crippen molar-refractivity contribution in [2.75, 3.05) is 7.11 Å². The second-order valence-corrected chi connectivity index (χ2v) is 4.03. The lowest BCUT2D eigenvalue weighted by atomic mass is 10.1. The molecule has 1 amide bonds. The summed E-state index contributed by atoms with van der Waals surface area (Å²) in [5.41, 5.74) is -0.220. The smallest absolute Gasteiger partial charge is 0.326 e. The molecule has 0 bridgehead atoms. The standard InChI is InChI=1S/C13H14N2O6/c1-3-4-9(13(17)18)14-12(16)8-5-6-10(15(19)20)11(7-8)21-2/h3,5-7,9H,1,4H2,2H3,(H,14,16)(H,17,18). The Morgan fingerprint density at radius 2 is 2.24 bits per heavy atom. The number of nitrogens with zero attached hydrogens (tertiary/aromatic N) is 1. The molecule has 8 nitrogen and oxygen atoms in total. The van der Waals surface area contributed by atoms with Crippen LogP contribution in [-0.4, -0.2) is 35.1 Å². The van der Waals surface area contributed by atoms with Crippen LogP contribution in [-0.2, 0) is 4.79 Å². The van der Waals surface area contributed by atoms with Gasteiger partial charge >= 0.3 is 11.7 Å². The molecule has 0 spiro atoms. The Kier molecular flexibility index (Phi) is 5.41. The highest BCUT2D eigenvalue weighted by molar-refractivity contribution is 5.97. The van der Waals surface area contributed by atoms with E-state index < -0.39 is 22.8 Å². The van der Waals surface area contributed by atoms with Crippen molar-refractivity contribution in [3.05, 3.63) is 46.5 Å². The zero-order valence-electron chi connectivity index (χ0n) is 11.2. The molecule has 1 rings (SSSR count). The molecule has 1 aromatic carbocycles. The molecule has 0 aliphatic carbocycles. The molecule has 0 aliphatic rings. The molecule has 0 saturated carbocycles. The predicted molar refractivity (Wildman–Crippen MR) is 73.4 cm³/mol. The molecule has 0 saturated heterocycles. The highest BCUT2D eigenvalue weighted by atomic mass is 16.6. The molecule has 1 aromatic rings. The van der Waals surface area contributed by atoms with Crippen LogP contribution in [0.15, 0.2) is 30.9 Å². The number of nitro groups is 1. The average molecular weight is 294 g/mol. The minimum Gasteiger partial charge on any atom is -0.490 e. The summed E-state index contributed by atoms with van der Waals surface area (Å²) in [4.78, 5) is 33.0. The highest BCUT2D eigenvalue weighted by Crippen LogP contribution is 2.27. The molecular formula is C13H14N2O6. The van der Waals surface area contributed by atoms with E-state index >= 15 is 0 Å². The summed E-state index contributed by atoms with van der Waals surface area (Å²) in [6, 6.07) is 2.41. The van der Waals surface area contributed by atoms with E-state index in [4.69, 9.17) is 9.84 Å². The second kappa shape index (κ2) is 7.04. The first kappa shape index (κ1) is 16.2. The molecule has 112 valence electrons. The van der Waals surface area contributed by atoms with E-state index in [1.165, 1.54) is 25.3 Å². The van der Waals surface area contributed by atoms with Crippen LogP contribution in [0.3, 0.4) is 0 Å². The molecule has 0 fully saturated rings. The van der Waals surface area contributed by atoms with E-state index in [1.807, 2.05) is 0 Å². The van der Waals surface area contributed by atoms with Crippen molar-refractivity contribution in [3.63, 3.8) is 0 Å². The molecule has 0 heterocycles. The maximum atomic E-state index is 11.9. The van der Waals surface area contributed by atoms with Gasteiger partial charge in [0.1, 0.15) is 6.04 Å². The highest BCUT2D eigenvalue weighted by Gasteiger charge is 2.21. The van der Waals surface area contributed by atoms with Crippen LogP contribution < -0.4 is 10.1 Å². The predicted octanol–water partition coefficient (Wildman–Crippen LogP) is 1.36. The molecule has 2 N–H and O–H groups in total. The van der Waals surface area contributed by atoms with E-state index in [2.05, 4.69) is 11.9 Å². The van der Waals surface area contributed by atoms with Crippen LogP contribution >= 0.6 is 0 Å². The van der Waals surface area contributed by atoms with Crippen molar-refractivity contribution in [2.24, 2.45) is 0 Å². The quantitative estimate of drug-likeness (QED) is 0.445. The van der Waals surface area contributed by atoms with Gasteiger partial charge in [0.2, 0.25) is 0 Å². The van der Waals surface area contributed by atoms with Gasteiger partial charge in [0.05, 0.1) is 12.0 Å². The summed E-state index contributed by atoms with van der Waals surface area (Å²) in [5, 5.41) is 22.0. The van der Waals surface area contributed by atoms with Gasteiger partial charge in [-0.25, -0.2) is 4.79 Å². The third kappa shape index (κ3) is 4.03. The SMILES string of the molecule is C=CCC(NC(=O)c1ccc([N+](=O)[O-])c(OC)c1)C(=O)O. The lowest BCUT2D eigenvalue weighted by Crippen LogP contribution is -2.40. The van der Waals surface area contributed by atoms with E-state index in [9.17, 15) is 19.7 Å². The van der Waals surface area contributed by atoms with Crippen LogP contribution in [0.4, 0.5) is 5.69 Å². The largest absolute Gasteiger partial charge is 0.490 e. The minimum atomic E-state index is -1.20. The fourth-order valence-electron chi connectivity index (χ4n) is 1.60. The van der Waals surface area contributed by atoms with Gasteiger partial charge in [0.15, 0.2) is 5.75 Å². The minimum absolute atomic E-state index is 0.0607. The number of ether oxygens (including phenoxy) is 1. The maximum Gasteiger partial charge on any atom is 0.326 e. The van der Waals surface area contributed by atoms with Gasteiger partial charge in [-0.2, -0.15) is 0 Å². The lowest BCUT2D eigenvalue weighted by Gasteiger charge is -2.13. The summed E-state index contributed by atoms with van der Waals surface area (Å²) in [5.74, 6) is -1.95. The zero-order chi connectivity index (χ0) is 16.0.